The largest absolute Gasteiger partial charge is 0.492 e. The molecule has 1 aromatic heterocycles. The maximum Gasteiger partial charge on any atom is 0.224 e. The van der Waals surface area contributed by atoms with Gasteiger partial charge in [-0.25, -0.2) is 4.98 Å². The first kappa shape index (κ1) is 20.9. The van der Waals surface area contributed by atoms with Gasteiger partial charge >= 0.3 is 0 Å². The highest BCUT2D eigenvalue weighted by atomic mass is 35.5. The zero-order valence-corrected chi connectivity index (χ0v) is 17.3. The summed E-state index contributed by atoms with van der Waals surface area (Å²) < 4.78 is 5.83. The van der Waals surface area contributed by atoms with E-state index in [4.69, 9.17) is 16.3 Å². The summed E-state index contributed by atoms with van der Waals surface area (Å²) in [5.74, 6) is 1.63. The number of fused-ring (bicyclic) bond motifs is 1. The summed E-state index contributed by atoms with van der Waals surface area (Å²) in [7, 11) is 0. The van der Waals surface area contributed by atoms with Crippen molar-refractivity contribution in [3.8, 4) is 5.75 Å². The van der Waals surface area contributed by atoms with Crippen LogP contribution in [-0.4, -0.2) is 43.1 Å². The zero-order chi connectivity index (χ0) is 20.5. The van der Waals surface area contributed by atoms with Crippen molar-refractivity contribution >= 4 is 29.2 Å². The number of carbonyl (C=O) groups excluding carboxylic acids is 1. The van der Waals surface area contributed by atoms with Crippen molar-refractivity contribution in [2.24, 2.45) is 4.99 Å². The number of carbonyl (C=O) groups is 1. The van der Waals surface area contributed by atoms with E-state index >= 15 is 0 Å². The SMILES string of the molecule is CCNC(=NCCc1ccc(Cl)nc1)NCCOc1ccc2c(c1)CCC(=O)N2. The number of aryl methyl sites for hydroxylation is 1. The van der Waals surface area contributed by atoms with E-state index in [2.05, 4.69) is 25.9 Å². The third-order valence-electron chi connectivity index (χ3n) is 4.44. The second-order valence-electron chi connectivity index (χ2n) is 6.64. The molecule has 0 spiro atoms. The van der Waals surface area contributed by atoms with Crippen LogP contribution in [0, 0.1) is 0 Å². The van der Waals surface area contributed by atoms with E-state index in [9.17, 15) is 4.79 Å². The van der Waals surface area contributed by atoms with E-state index in [-0.39, 0.29) is 5.91 Å². The molecular formula is C21H26ClN5O2. The van der Waals surface area contributed by atoms with Crippen LogP contribution in [0.2, 0.25) is 5.15 Å². The van der Waals surface area contributed by atoms with Crippen LogP contribution >= 0.6 is 11.6 Å². The molecule has 1 aromatic carbocycles. The third-order valence-corrected chi connectivity index (χ3v) is 4.66. The maximum absolute atomic E-state index is 11.4. The van der Waals surface area contributed by atoms with Crippen molar-refractivity contribution in [3.05, 3.63) is 52.8 Å². The van der Waals surface area contributed by atoms with Crippen LogP contribution in [0.4, 0.5) is 5.69 Å². The van der Waals surface area contributed by atoms with Crippen molar-refractivity contribution in [2.75, 3.05) is 31.6 Å². The lowest BCUT2D eigenvalue weighted by Crippen LogP contribution is -2.39. The molecule has 2 heterocycles. The fourth-order valence-electron chi connectivity index (χ4n) is 2.98. The molecule has 3 N–H and O–H groups in total. The number of benzene rings is 1. The molecule has 7 nitrogen and oxygen atoms in total. The van der Waals surface area contributed by atoms with Gasteiger partial charge in [-0.15, -0.1) is 0 Å². The number of ether oxygens (including phenoxy) is 1. The molecule has 29 heavy (non-hydrogen) atoms. The standard InChI is InChI=1S/C21H26ClN5O2/c1-2-23-21(24-10-9-15-3-7-19(22)26-14-15)25-11-12-29-17-5-6-18-16(13-17)4-8-20(28)27-18/h3,5-7,13-14H,2,4,8-12H2,1H3,(H,27,28)(H2,23,24,25). The number of anilines is 1. The van der Waals surface area contributed by atoms with Crippen molar-refractivity contribution in [3.63, 3.8) is 0 Å². The molecule has 154 valence electrons. The number of hydrogen-bond donors (Lipinski definition) is 3. The molecule has 1 aliphatic heterocycles. The maximum atomic E-state index is 11.4. The summed E-state index contributed by atoms with van der Waals surface area (Å²) in [5, 5.41) is 9.88. The molecule has 0 fully saturated rings. The Morgan fingerprint density at radius 1 is 1.28 bits per heavy atom. The minimum absolute atomic E-state index is 0.0675. The average molecular weight is 416 g/mol. The number of amides is 1. The lowest BCUT2D eigenvalue weighted by Gasteiger charge is -2.18. The lowest BCUT2D eigenvalue weighted by atomic mass is 10.0. The van der Waals surface area contributed by atoms with E-state index in [0.29, 0.717) is 31.3 Å². The molecule has 0 unspecified atom stereocenters. The Labute approximate surface area is 175 Å². The van der Waals surface area contributed by atoms with Gasteiger partial charge in [0.2, 0.25) is 5.91 Å². The topological polar surface area (TPSA) is 87.6 Å². The van der Waals surface area contributed by atoms with Crippen LogP contribution in [0.1, 0.15) is 24.5 Å². The van der Waals surface area contributed by atoms with Gasteiger partial charge in [0, 0.05) is 31.4 Å². The number of pyridine rings is 1. The summed E-state index contributed by atoms with van der Waals surface area (Å²) in [5.41, 5.74) is 3.09. The quantitative estimate of drug-likeness (QED) is 0.267. The van der Waals surface area contributed by atoms with Gasteiger partial charge in [0.05, 0.1) is 6.54 Å². The van der Waals surface area contributed by atoms with Crippen LogP contribution in [0.15, 0.2) is 41.5 Å². The zero-order valence-electron chi connectivity index (χ0n) is 16.5. The minimum atomic E-state index is 0.0675. The molecule has 0 aliphatic carbocycles. The first-order chi connectivity index (χ1) is 14.1. The van der Waals surface area contributed by atoms with Gasteiger partial charge in [-0.05, 0) is 55.2 Å². The number of aliphatic imine (C=N–C) groups is 1. The van der Waals surface area contributed by atoms with Crippen LogP contribution < -0.4 is 20.7 Å². The molecule has 0 radical (unpaired) electrons. The fourth-order valence-corrected chi connectivity index (χ4v) is 3.09. The van der Waals surface area contributed by atoms with E-state index in [1.54, 1.807) is 12.3 Å². The molecule has 0 saturated carbocycles. The number of hydrogen-bond acceptors (Lipinski definition) is 4. The van der Waals surface area contributed by atoms with Crippen molar-refractivity contribution in [2.45, 2.75) is 26.2 Å². The van der Waals surface area contributed by atoms with Crippen molar-refractivity contribution < 1.29 is 9.53 Å². The molecule has 0 saturated heterocycles. The summed E-state index contributed by atoms with van der Waals surface area (Å²) in [6.07, 6.45) is 3.84. The highest BCUT2D eigenvalue weighted by Gasteiger charge is 2.14. The second kappa shape index (κ2) is 10.7. The highest BCUT2D eigenvalue weighted by Crippen LogP contribution is 2.26. The van der Waals surface area contributed by atoms with Crippen LogP contribution in [0.5, 0.6) is 5.75 Å². The predicted molar refractivity (Wildman–Crippen MR) is 116 cm³/mol. The number of guanidine groups is 1. The first-order valence-electron chi connectivity index (χ1n) is 9.82. The summed E-state index contributed by atoms with van der Waals surface area (Å²) >= 11 is 5.81. The van der Waals surface area contributed by atoms with Crippen LogP contribution in [-0.2, 0) is 17.6 Å². The van der Waals surface area contributed by atoms with Gasteiger partial charge in [-0.2, -0.15) is 0 Å². The van der Waals surface area contributed by atoms with Gasteiger partial charge < -0.3 is 20.7 Å². The molecular weight excluding hydrogens is 390 g/mol. The number of halogens is 1. The van der Waals surface area contributed by atoms with Gasteiger partial charge in [-0.1, -0.05) is 17.7 Å². The van der Waals surface area contributed by atoms with Crippen molar-refractivity contribution in [1.29, 1.82) is 0 Å². The summed E-state index contributed by atoms with van der Waals surface area (Å²) in [4.78, 5) is 20.1. The first-order valence-corrected chi connectivity index (χ1v) is 10.2. The number of aromatic nitrogens is 1. The summed E-state index contributed by atoms with van der Waals surface area (Å²) in [6, 6.07) is 9.52. The number of nitrogens with one attached hydrogen (secondary N) is 3. The summed E-state index contributed by atoms with van der Waals surface area (Å²) in [6.45, 7) is 4.60. The van der Waals surface area contributed by atoms with Gasteiger partial charge in [0.15, 0.2) is 5.96 Å². The van der Waals surface area contributed by atoms with Crippen LogP contribution in [0.3, 0.4) is 0 Å². The van der Waals surface area contributed by atoms with E-state index in [1.807, 2.05) is 31.2 Å². The Hall–Kier alpha value is -2.80. The van der Waals surface area contributed by atoms with E-state index in [0.717, 1.165) is 47.9 Å². The molecule has 0 atom stereocenters. The smallest absolute Gasteiger partial charge is 0.224 e. The molecule has 3 rings (SSSR count). The highest BCUT2D eigenvalue weighted by molar-refractivity contribution is 6.29. The van der Waals surface area contributed by atoms with Crippen LogP contribution in [0.25, 0.3) is 0 Å². The number of nitrogens with zero attached hydrogens (tertiary/aromatic N) is 2. The third kappa shape index (κ3) is 6.64. The Balaban J connectivity index is 1.43. The molecule has 1 amide bonds. The van der Waals surface area contributed by atoms with Gasteiger partial charge in [0.25, 0.3) is 0 Å². The van der Waals surface area contributed by atoms with Gasteiger partial charge in [0.1, 0.15) is 17.5 Å². The fraction of sp³-hybridized carbons (Fsp3) is 0.381. The van der Waals surface area contributed by atoms with E-state index < -0.39 is 0 Å². The normalized spacial score (nSPS) is 13.4. The lowest BCUT2D eigenvalue weighted by molar-refractivity contribution is -0.116. The Morgan fingerprint density at radius 2 is 2.17 bits per heavy atom. The molecule has 2 aromatic rings. The molecule has 1 aliphatic rings. The Kier molecular flexibility index (Phi) is 7.69. The number of rotatable bonds is 8. The Bertz CT molecular complexity index is 855. The second-order valence-corrected chi connectivity index (χ2v) is 7.03. The molecule has 0 bridgehead atoms. The molecule has 8 heteroatoms. The monoisotopic (exact) mass is 415 g/mol. The van der Waals surface area contributed by atoms with E-state index in [1.165, 1.54) is 0 Å². The Morgan fingerprint density at radius 3 is 2.97 bits per heavy atom. The average Bonchev–Trinajstić information content (AvgIpc) is 2.72. The van der Waals surface area contributed by atoms with Gasteiger partial charge in [-0.3, -0.25) is 9.79 Å². The predicted octanol–water partition coefficient (Wildman–Crippen LogP) is 2.80. The minimum Gasteiger partial charge on any atom is -0.492 e. The van der Waals surface area contributed by atoms with Crippen molar-refractivity contribution in [1.82, 2.24) is 15.6 Å².